The van der Waals surface area contributed by atoms with E-state index in [1.54, 1.807) is 0 Å². The zero-order valence-corrected chi connectivity index (χ0v) is 14.0. The molecular weight excluding hydrogens is 290 g/mol. The predicted molar refractivity (Wildman–Crippen MR) is 89.1 cm³/mol. The van der Waals surface area contributed by atoms with Crippen LogP contribution >= 0.6 is 0 Å². The Labute approximate surface area is 138 Å². The maximum atomic E-state index is 12.7. The summed E-state index contributed by atoms with van der Waals surface area (Å²) in [6.45, 7) is 7.85. The van der Waals surface area contributed by atoms with Gasteiger partial charge in [-0.15, -0.1) is 0 Å². The lowest BCUT2D eigenvalue weighted by atomic mass is 10.2. The van der Waals surface area contributed by atoms with E-state index in [2.05, 4.69) is 11.0 Å². The number of hydrogen-bond acceptors (Lipinski definition) is 4. The molecule has 0 saturated carbocycles. The Morgan fingerprint density at radius 2 is 1.91 bits per heavy atom. The van der Waals surface area contributed by atoms with Gasteiger partial charge in [-0.3, -0.25) is 9.69 Å². The van der Waals surface area contributed by atoms with Gasteiger partial charge in [0.15, 0.2) is 6.10 Å². The van der Waals surface area contributed by atoms with Crippen LogP contribution in [0.1, 0.15) is 25.3 Å². The van der Waals surface area contributed by atoms with Crippen LogP contribution in [0.15, 0.2) is 24.3 Å². The highest BCUT2D eigenvalue weighted by molar-refractivity contribution is 5.81. The van der Waals surface area contributed by atoms with Gasteiger partial charge < -0.3 is 9.64 Å². The van der Waals surface area contributed by atoms with Crippen LogP contribution in [0.4, 0.5) is 0 Å². The highest BCUT2D eigenvalue weighted by Crippen LogP contribution is 2.16. The summed E-state index contributed by atoms with van der Waals surface area (Å²) in [5, 5.41) is 8.64. The van der Waals surface area contributed by atoms with E-state index in [0.717, 1.165) is 25.4 Å². The molecule has 0 radical (unpaired) electrons. The van der Waals surface area contributed by atoms with Gasteiger partial charge in [-0.2, -0.15) is 5.26 Å². The number of amides is 1. The smallest absolute Gasteiger partial charge is 0.263 e. The minimum absolute atomic E-state index is 0.0630. The van der Waals surface area contributed by atoms with Gasteiger partial charge in [0, 0.05) is 39.1 Å². The minimum Gasteiger partial charge on any atom is -0.481 e. The van der Waals surface area contributed by atoms with Crippen LogP contribution in [-0.4, -0.2) is 54.5 Å². The largest absolute Gasteiger partial charge is 0.481 e. The third-order valence-electron chi connectivity index (χ3n) is 4.17. The summed E-state index contributed by atoms with van der Waals surface area (Å²) in [4.78, 5) is 16.8. The average Bonchev–Trinajstić information content (AvgIpc) is 2.59. The van der Waals surface area contributed by atoms with Crippen molar-refractivity contribution in [2.75, 3.05) is 32.7 Å². The van der Waals surface area contributed by atoms with Gasteiger partial charge in [0.1, 0.15) is 5.75 Å². The Hall–Kier alpha value is -2.06. The Morgan fingerprint density at radius 3 is 2.48 bits per heavy atom. The fourth-order valence-corrected chi connectivity index (χ4v) is 2.69. The van der Waals surface area contributed by atoms with Gasteiger partial charge >= 0.3 is 0 Å². The second-order valence-corrected chi connectivity index (χ2v) is 5.90. The van der Waals surface area contributed by atoms with E-state index < -0.39 is 6.10 Å². The van der Waals surface area contributed by atoms with Crippen LogP contribution in [-0.2, 0) is 4.79 Å². The number of nitriles is 1. The molecule has 5 heteroatoms. The van der Waals surface area contributed by atoms with Gasteiger partial charge in [-0.25, -0.2) is 0 Å². The molecule has 1 aromatic carbocycles. The number of carbonyl (C=O) groups is 1. The Bertz CT molecular complexity index is 542. The monoisotopic (exact) mass is 315 g/mol. The summed E-state index contributed by atoms with van der Waals surface area (Å²) in [5.41, 5.74) is 1.17. The zero-order chi connectivity index (χ0) is 16.7. The van der Waals surface area contributed by atoms with Gasteiger partial charge in [-0.05, 0) is 25.5 Å². The number of nitrogens with zero attached hydrogens (tertiary/aromatic N) is 3. The maximum Gasteiger partial charge on any atom is 0.263 e. The van der Waals surface area contributed by atoms with E-state index in [0.29, 0.717) is 25.9 Å². The first-order valence-electron chi connectivity index (χ1n) is 8.25. The minimum atomic E-state index is -0.427. The maximum absolute atomic E-state index is 12.7. The highest BCUT2D eigenvalue weighted by atomic mass is 16.5. The number of aryl methyl sites for hydroxylation is 1. The second-order valence-electron chi connectivity index (χ2n) is 5.90. The molecule has 1 saturated heterocycles. The van der Waals surface area contributed by atoms with Crippen LogP contribution in [0.3, 0.4) is 0 Å². The molecule has 0 spiro atoms. The number of ether oxygens (including phenoxy) is 1. The number of piperazine rings is 1. The molecule has 0 aliphatic carbocycles. The van der Waals surface area contributed by atoms with E-state index >= 15 is 0 Å². The van der Waals surface area contributed by atoms with Gasteiger partial charge in [0.2, 0.25) is 0 Å². The molecule has 124 valence electrons. The SMILES string of the molecule is CCC(Oc1ccc(C)cc1)C(=O)N1CCN(CCC#N)CC1. The summed E-state index contributed by atoms with van der Waals surface area (Å²) < 4.78 is 5.88. The highest BCUT2D eigenvalue weighted by Gasteiger charge is 2.27. The number of hydrogen-bond donors (Lipinski definition) is 0. The van der Waals surface area contributed by atoms with Crippen molar-refractivity contribution in [3.05, 3.63) is 29.8 Å². The van der Waals surface area contributed by atoms with Crippen molar-refractivity contribution in [2.24, 2.45) is 0 Å². The molecule has 1 aliphatic heterocycles. The summed E-state index contributed by atoms with van der Waals surface area (Å²) in [6, 6.07) is 9.95. The molecule has 23 heavy (non-hydrogen) atoms. The van der Waals surface area contributed by atoms with Crippen LogP contribution in [0.2, 0.25) is 0 Å². The fourth-order valence-electron chi connectivity index (χ4n) is 2.69. The fraction of sp³-hybridized carbons (Fsp3) is 0.556. The standard InChI is InChI=1S/C18H25N3O2/c1-3-17(23-16-7-5-15(2)6-8-16)18(22)21-13-11-20(12-14-21)10-4-9-19/h5-8,17H,3-4,10-14H2,1-2H3. The zero-order valence-electron chi connectivity index (χ0n) is 14.0. The van der Waals surface area contributed by atoms with E-state index in [-0.39, 0.29) is 5.91 Å². The molecule has 1 aromatic rings. The van der Waals surface area contributed by atoms with E-state index in [1.807, 2.05) is 43.0 Å². The van der Waals surface area contributed by atoms with Gasteiger partial charge in [0.25, 0.3) is 5.91 Å². The number of rotatable bonds is 6. The number of benzene rings is 1. The molecule has 1 aliphatic rings. The van der Waals surface area contributed by atoms with Gasteiger partial charge in [-0.1, -0.05) is 24.6 Å². The first-order valence-corrected chi connectivity index (χ1v) is 8.25. The molecule has 2 rings (SSSR count). The molecule has 0 N–H and O–H groups in total. The molecule has 0 aromatic heterocycles. The van der Waals surface area contributed by atoms with E-state index in [9.17, 15) is 4.79 Å². The van der Waals surface area contributed by atoms with Crippen molar-refractivity contribution in [2.45, 2.75) is 32.8 Å². The van der Waals surface area contributed by atoms with Crippen molar-refractivity contribution in [3.8, 4) is 11.8 Å². The van der Waals surface area contributed by atoms with Crippen molar-refractivity contribution in [3.63, 3.8) is 0 Å². The summed E-state index contributed by atoms with van der Waals surface area (Å²) in [7, 11) is 0. The van der Waals surface area contributed by atoms with E-state index in [1.165, 1.54) is 5.56 Å². The molecule has 5 nitrogen and oxygen atoms in total. The third-order valence-corrected chi connectivity index (χ3v) is 4.17. The summed E-state index contributed by atoms with van der Waals surface area (Å²) in [5.74, 6) is 0.802. The summed E-state index contributed by atoms with van der Waals surface area (Å²) >= 11 is 0. The van der Waals surface area contributed by atoms with Crippen LogP contribution in [0.5, 0.6) is 5.75 Å². The normalized spacial score (nSPS) is 16.7. The lowest BCUT2D eigenvalue weighted by molar-refractivity contribution is -0.140. The van der Waals surface area contributed by atoms with Crippen LogP contribution in [0, 0.1) is 18.3 Å². The number of carbonyl (C=O) groups excluding carboxylic acids is 1. The molecule has 0 bridgehead atoms. The molecule has 1 amide bonds. The van der Waals surface area contributed by atoms with Crippen molar-refractivity contribution in [1.82, 2.24) is 9.80 Å². The van der Waals surface area contributed by atoms with E-state index in [4.69, 9.17) is 10.00 Å². The van der Waals surface area contributed by atoms with Crippen LogP contribution in [0.25, 0.3) is 0 Å². The second kappa shape index (κ2) is 8.54. The summed E-state index contributed by atoms with van der Waals surface area (Å²) in [6.07, 6.45) is 0.770. The van der Waals surface area contributed by atoms with Gasteiger partial charge in [0.05, 0.1) is 6.07 Å². The topological polar surface area (TPSA) is 56.6 Å². The Morgan fingerprint density at radius 1 is 1.26 bits per heavy atom. The molecule has 1 fully saturated rings. The molecule has 1 unspecified atom stereocenters. The van der Waals surface area contributed by atoms with Crippen LogP contribution < -0.4 is 4.74 Å². The van der Waals surface area contributed by atoms with Crippen molar-refractivity contribution < 1.29 is 9.53 Å². The Kier molecular flexibility index (Phi) is 6.42. The quantitative estimate of drug-likeness (QED) is 0.807. The van der Waals surface area contributed by atoms with Crippen molar-refractivity contribution >= 4 is 5.91 Å². The first-order chi connectivity index (χ1) is 11.1. The third kappa shape index (κ3) is 4.97. The average molecular weight is 315 g/mol. The molecule has 1 heterocycles. The Balaban J connectivity index is 1.88. The lowest BCUT2D eigenvalue weighted by Crippen LogP contribution is -2.52. The molecular formula is C18H25N3O2. The predicted octanol–water partition coefficient (Wildman–Crippen LogP) is 2.21. The van der Waals surface area contributed by atoms with Crippen molar-refractivity contribution in [1.29, 1.82) is 5.26 Å². The lowest BCUT2D eigenvalue weighted by Gasteiger charge is -2.36. The first kappa shape index (κ1) is 17.3. The molecule has 1 atom stereocenters.